The van der Waals surface area contributed by atoms with E-state index in [1.54, 1.807) is 35.0 Å². The van der Waals surface area contributed by atoms with Crippen LogP contribution >= 0.6 is 46.4 Å². The summed E-state index contributed by atoms with van der Waals surface area (Å²) in [5.41, 5.74) is -1.52. The smallest absolute Gasteiger partial charge is 0.419 e. The van der Waals surface area contributed by atoms with Crippen LogP contribution in [-0.2, 0) is 49.9 Å². The van der Waals surface area contributed by atoms with Gasteiger partial charge in [-0.2, -0.15) is 34.8 Å². The zero-order valence-electron chi connectivity index (χ0n) is 45.3. The van der Waals surface area contributed by atoms with Crippen LogP contribution in [0, 0.1) is 23.0 Å². The molecule has 4 fully saturated rings. The van der Waals surface area contributed by atoms with Gasteiger partial charge in [0.2, 0.25) is 11.6 Å². The van der Waals surface area contributed by atoms with E-state index in [-0.39, 0.29) is 47.7 Å². The van der Waals surface area contributed by atoms with Crippen LogP contribution in [0.1, 0.15) is 131 Å². The van der Waals surface area contributed by atoms with Crippen molar-refractivity contribution in [3.05, 3.63) is 174 Å². The molecule has 1 saturated carbocycles. The molecular weight excluding hydrogens is 1240 g/mol. The average Bonchev–Trinajstić information content (AvgIpc) is 2.83. The minimum absolute atomic E-state index is 0.00930. The molecule has 2 unspecified atom stereocenters. The predicted molar refractivity (Wildman–Crippen MR) is 301 cm³/mol. The van der Waals surface area contributed by atoms with E-state index in [4.69, 9.17) is 63.6 Å². The molecule has 13 nitrogen and oxygen atoms in total. The molecule has 0 N–H and O–H groups in total. The summed E-state index contributed by atoms with van der Waals surface area (Å²) in [5.74, 6) is -4.22. The molecule has 4 aliphatic rings. The van der Waals surface area contributed by atoms with Crippen LogP contribution in [0.2, 0.25) is 20.1 Å². The number of rotatable bonds is 18. The third-order valence-electron chi connectivity index (χ3n) is 16.0. The number of benzene rings is 4. The van der Waals surface area contributed by atoms with E-state index in [0.29, 0.717) is 63.1 Å². The summed E-state index contributed by atoms with van der Waals surface area (Å²) in [6, 6.07) is 14.7. The Balaban J connectivity index is 0.000000228. The highest BCUT2D eigenvalue weighted by Gasteiger charge is 2.52. The van der Waals surface area contributed by atoms with Crippen molar-refractivity contribution in [3.63, 3.8) is 0 Å². The minimum atomic E-state index is -4.98. The largest absolute Gasteiger partial charge is 0.748 e. The lowest BCUT2D eigenvalue weighted by molar-refractivity contribution is -0.946. The van der Waals surface area contributed by atoms with Crippen molar-refractivity contribution in [2.24, 2.45) is 11.3 Å². The lowest BCUT2D eigenvalue weighted by Gasteiger charge is -2.58. The van der Waals surface area contributed by atoms with Gasteiger partial charge in [0.05, 0.1) is 80.4 Å². The number of carbonyl (C=O) groups excluding carboxylic acids is 2. The predicted octanol–water partition coefficient (Wildman–Crippen LogP) is 14.2. The fourth-order valence-electron chi connectivity index (χ4n) is 11.6. The van der Waals surface area contributed by atoms with Gasteiger partial charge >= 0.3 is 12.4 Å². The Morgan fingerprint density at radius 1 is 0.655 bits per heavy atom. The van der Waals surface area contributed by atoms with Gasteiger partial charge in [0, 0.05) is 92.8 Å². The molecule has 84 heavy (non-hydrogen) atoms. The number of aromatic nitrogens is 4. The Kier molecular flexibility index (Phi) is 21.7. The fraction of sp³-hybridized carbons (Fsp3) is 0.439. The molecule has 3 aliphatic heterocycles. The SMILES string of the molecule is CS(=O)(=O)OCCC(Cn1ccnc1C(=O)c1ccc(F)c(C(F)(F)F)c1)c1ccc(Cl)c(Cl)c1.CS(=O)(=O)[O-].O=C(c1ccc(F)c(C(F)(F)F)c1)c1nccn1CC(CC[N+]12CCC(C3CCCCC3)(CC1)CC2)c1ccc(Cl)c(Cl)c1. The Bertz CT molecular complexity index is 3530. The van der Waals surface area contributed by atoms with Gasteiger partial charge in [-0.3, -0.25) is 13.8 Å². The van der Waals surface area contributed by atoms with Gasteiger partial charge in [0.15, 0.2) is 11.6 Å². The number of quaternary nitrogens is 1. The molecular formula is C57H59Cl4F8N5O8S2. The highest BCUT2D eigenvalue weighted by Crippen LogP contribution is 2.53. The van der Waals surface area contributed by atoms with E-state index >= 15 is 0 Å². The van der Waals surface area contributed by atoms with Gasteiger partial charge in [-0.25, -0.2) is 27.2 Å². The molecule has 2 aromatic heterocycles. The number of nitrogens with zero attached hydrogens (tertiary/aromatic N) is 5. The number of alkyl halides is 6. The summed E-state index contributed by atoms with van der Waals surface area (Å²) in [6.45, 7) is 4.89. The second-order valence-corrected chi connectivity index (χ2v) is 26.3. The molecule has 2 atom stereocenters. The van der Waals surface area contributed by atoms with Crippen molar-refractivity contribution in [3.8, 4) is 0 Å². The zero-order valence-corrected chi connectivity index (χ0v) is 50.0. The van der Waals surface area contributed by atoms with Crippen LogP contribution in [-0.4, -0.2) is 102 Å². The Morgan fingerprint density at radius 3 is 1.46 bits per heavy atom. The number of ketones is 2. The highest BCUT2D eigenvalue weighted by atomic mass is 35.5. The molecule has 456 valence electrons. The summed E-state index contributed by atoms with van der Waals surface area (Å²) in [6.07, 6.45) is 9.33. The Morgan fingerprint density at radius 2 is 1.07 bits per heavy atom. The summed E-state index contributed by atoms with van der Waals surface area (Å²) < 4.78 is 166. The molecule has 10 rings (SSSR count). The van der Waals surface area contributed by atoms with Crippen molar-refractivity contribution in [2.45, 2.75) is 101 Å². The number of imidazole rings is 2. The normalized spacial score (nSPS) is 19.2. The van der Waals surface area contributed by atoms with Gasteiger partial charge in [-0.05, 0) is 102 Å². The Labute approximate surface area is 501 Å². The summed E-state index contributed by atoms with van der Waals surface area (Å²) >= 11 is 24.8. The van der Waals surface area contributed by atoms with Gasteiger partial charge in [0.25, 0.3) is 10.1 Å². The molecule has 2 bridgehead atoms. The highest BCUT2D eigenvalue weighted by molar-refractivity contribution is 7.86. The summed E-state index contributed by atoms with van der Waals surface area (Å²) in [5, 5.41) is 1.46. The number of hydrogen-bond donors (Lipinski definition) is 0. The van der Waals surface area contributed by atoms with Gasteiger partial charge in [0.1, 0.15) is 11.6 Å². The molecule has 0 spiro atoms. The zero-order chi connectivity index (χ0) is 61.6. The van der Waals surface area contributed by atoms with E-state index in [1.165, 1.54) is 94.2 Å². The topological polar surface area (TPSA) is 170 Å². The van der Waals surface area contributed by atoms with E-state index in [0.717, 1.165) is 47.3 Å². The van der Waals surface area contributed by atoms with Crippen molar-refractivity contribution in [1.29, 1.82) is 0 Å². The molecule has 5 heterocycles. The van der Waals surface area contributed by atoms with Gasteiger partial charge in [-0.15, -0.1) is 0 Å². The lowest BCUT2D eigenvalue weighted by Crippen LogP contribution is -2.63. The van der Waals surface area contributed by atoms with E-state index < -0.39 is 78.4 Å². The van der Waals surface area contributed by atoms with Crippen molar-refractivity contribution >= 4 is 78.2 Å². The third kappa shape index (κ3) is 17.6. The summed E-state index contributed by atoms with van der Waals surface area (Å²) in [4.78, 5) is 34.5. The molecule has 27 heteroatoms. The van der Waals surface area contributed by atoms with Crippen LogP contribution in [0.5, 0.6) is 0 Å². The van der Waals surface area contributed by atoms with Crippen LogP contribution in [0.4, 0.5) is 35.1 Å². The average molecular weight is 1300 g/mol. The number of fused-ring (bicyclic) bond motifs is 3. The minimum Gasteiger partial charge on any atom is -0.748 e. The maximum Gasteiger partial charge on any atom is 0.419 e. The monoisotopic (exact) mass is 1300 g/mol. The van der Waals surface area contributed by atoms with Crippen LogP contribution in [0.15, 0.2) is 97.6 Å². The van der Waals surface area contributed by atoms with Gasteiger partial charge in [-0.1, -0.05) is 77.8 Å². The number of halogens is 12. The quantitative estimate of drug-likeness (QED) is 0.0265. The molecule has 4 aromatic carbocycles. The number of carbonyl (C=O) groups is 2. The molecule has 3 saturated heterocycles. The first-order chi connectivity index (χ1) is 39.2. The second kappa shape index (κ2) is 27.4. The van der Waals surface area contributed by atoms with Gasteiger partial charge < -0.3 is 18.2 Å². The first-order valence-corrected chi connectivity index (χ1v) is 31.7. The van der Waals surface area contributed by atoms with Crippen molar-refractivity contribution in [2.75, 3.05) is 45.3 Å². The fourth-order valence-corrected chi connectivity index (χ4v) is 12.6. The number of piperidine rings is 3. The Hall–Kier alpha value is -4.98. The van der Waals surface area contributed by atoms with E-state index in [9.17, 15) is 53.1 Å². The standard InChI is InChI=1S/C34H38Cl2F4N3O.C22H18Cl2F4N2O4S.CH4O3S/c35-28-8-6-23(21-29(28)36)25(10-16-43-17-11-33(12-18-43,13-19-43)26-4-2-1-3-5-26)22-42-15-14-41-32(42)31(44)24-7-9-30(37)27(20-24)34(38,39)40;1-35(32,33)34-9-6-15(13-2-4-17(23)18(24)11-13)12-30-8-7-29-21(30)20(31)14-3-5-19(25)16(10-14)22(26,27)28;1-5(2,3)4/h6-9,14-15,20-21,25-26H,1-5,10-13,16-19,22H2;2-5,7-8,10-11,15H,6,9,12H2,1H3;1H3,(H,2,3,4)/q+1;;/p-1. The van der Waals surface area contributed by atoms with E-state index in [1.807, 2.05) is 12.1 Å². The van der Waals surface area contributed by atoms with E-state index in [2.05, 4.69) is 9.97 Å². The molecule has 0 amide bonds. The van der Waals surface area contributed by atoms with Crippen LogP contribution < -0.4 is 0 Å². The third-order valence-corrected chi connectivity index (χ3v) is 18.1. The molecule has 6 aromatic rings. The maximum absolute atomic E-state index is 13.9. The maximum atomic E-state index is 13.9. The molecule has 0 radical (unpaired) electrons. The van der Waals surface area contributed by atoms with Crippen molar-refractivity contribution in [1.82, 2.24) is 19.1 Å². The van der Waals surface area contributed by atoms with Crippen LogP contribution in [0.3, 0.4) is 0 Å². The first-order valence-electron chi connectivity index (χ1n) is 26.6. The molecule has 1 aliphatic carbocycles. The van der Waals surface area contributed by atoms with Crippen molar-refractivity contribution < 1.29 is 74.8 Å². The first kappa shape index (κ1) is 66.5. The van der Waals surface area contributed by atoms with Crippen LogP contribution in [0.25, 0.3) is 0 Å². The lowest BCUT2D eigenvalue weighted by atomic mass is 9.59. The number of hydrogen-bond acceptors (Lipinski definition) is 10. The second-order valence-electron chi connectivity index (χ2n) is 21.6. The summed E-state index contributed by atoms with van der Waals surface area (Å²) in [7, 11) is -7.62.